The molecule has 18 heavy (non-hydrogen) atoms. The Hall–Kier alpha value is -1.48. The van der Waals surface area contributed by atoms with Crippen molar-refractivity contribution in [2.24, 2.45) is 5.73 Å². The lowest BCUT2D eigenvalue weighted by molar-refractivity contribution is 0.0962. The van der Waals surface area contributed by atoms with Crippen molar-refractivity contribution in [3.8, 4) is 0 Å². The molecule has 1 aliphatic rings. The minimum Gasteiger partial charge on any atom is -0.328 e. The first-order chi connectivity index (χ1) is 8.69. The molecular formula is C15H17FN2. The normalized spacial score (nSPS) is 28.4. The first-order valence-corrected chi connectivity index (χ1v) is 6.48. The first kappa shape index (κ1) is 11.6. The zero-order valence-electron chi connectivity index (χ0n) is 10.3. The van der Waals surface area contributed by atoms with E-state index < -0.39 is 5.67 Å². The highest BCUT2D eigenvalue weighted by atomic mass is 19.1. The van der Waals surface area contributed by atoms with Crippen LogP contribution >= 0.6 is 0 Å². The van der Waals surface area contributed by atoms with Gasteiger partial charge in [0.15, 0.2) is 0 Å². The van der Waals surface area contributed by atoms with E-state index in [1.54, 1.807) is 6.20 Å². The largest absolute Gasteiger partial charge is 0.328 e. The van der Waals surface area contributed by atoms with Crippen LogP contribution in [-0.2, 0) is 5.67 Å². The topological polar surface area (TPSA) is 38.9 Å². The maximum Gasteiger partial charge on any atom is 0.139 e. The number of nitrogens with zero attached hydrogens (tertiary/aromatic N) is 1. The van der Waals surface area contributed by atoms with Gasteiger partial charge in [-0.15, -0.1) is 0 Å². The molecule has 3 rings (SSSR count). The number of benzene rings is 1. The third-order valence-electron chi connectivity index (χ3n) is 3.85. The van der Waals surface area contributed by atoms with Gasteiger partial charge in [-0.25, -0.2) is 4.39 Å². The van der Waals surface area contributed by atoms with Crippen LogP contribution in [0.4, 0.5) is 4.39 Å². The van der Waals surface area contributed by atoms with Crippen molar-refractivity contribution in [2.75, 3.05) is 0 Å². The number of alkyl halides is 1. The molecular weight excluding hydrogens is 227 g/mol. The van der Waals surface area contributed by atoms with Crippen LogP contribution in [0.15, 0.2) is 36.5 Å². The van der Waals surface area contributed by atoms with Crippen molar-refractivity contribution in [3.63, 3.8) is 0 Å². The lowest BCUT2D eigenvalue weighted by Crippen LogP contribution is -2.36. The summed E-state index contributed by atoms with van der Waals surface area (Å²) in [6.07, 6.45) is 4.45. The van der Waals surface area contributed by atoms with Crippen LogP contribution in [-0.4, -0.2) is 11.0 Å². The van der Waals surface area contributed by atoms with Gasteiger partial charge in [0, 0.05) is 29.6 Å². The van der Waals surface area contributed by atoms with E-state index in [9.17, 15) is 0 Å². The molecule has 94 valence electrons. The van der Waals surface area contributed by atoms with Gasteiger partial charge >= 0.3 is 0 Å². The quantitative estimate of drug-likeness (QED) is 0.836. The summed E-state index contributed by atoms with van der Waals surface area (Å²) >= 11 is 0. The maximum atomic E-state index is 15.2. The first-order valence-electron chi connectivity index (χ1n) is 6.48. The van der Waals surface area contributed by atoms with Crippen LogP contribution in [0.5, 0.6) is 0 Å². The van der Waals surface area contributed by atoms with E-state index in [4.69, 9.17) is 5.73 Å². The van der Waals surface area contributed by atoms with Crippen molar-refractivity contribution >= 4 is 10.9 Å². The Morgan fingerprint density at radius 3 is 2.94 bits per heavy atom. The van der Waals surface area contributed by atoms with Crippen molar-refractivity contribution in [1.29, 1.82) is 0 Å². The highest BCUT2D eigenvalue weighted by molar-refractivity contribution is 5.82. The number of aromatic nitrogens is 1. The molecule has 3 heteroatoms. The van der Waals surface area contributed by atoms with E-state index in [2.05, 4.69) is 4.98 Å². The molecule has 2 atom stereocenters. The zero-order chi connectivity index (χ0) is 12.6. The Kier molecular flexibility index (Phi) is 2.78. The summed E-state index contributed by atoms with van der Waals surface area (Å²) in [5.41, 5.74) is 6.10. The maximum absolute atomic E-state index is 15.2. The van der Waals surface area contributed by atoms with E-state index in [1.807, 2.05) is 30.3 Å². The molecule has 1 heterocycles. The summed E-state index contributed by atoms with van der Waals surface area (Å²) in [5.74, 6) is 0. The second-order valence-corrected chi connectivity index (χ2v) is 5.20. The molecule has 2 aromatic rings. The van der Waals surface area contributed by atoms with Crippen LogP contribution in [0.1, 0.15) is 31.2 Å². The number of hydrogen-bond acceptors (Lipinski definition) is 2. The van der Waals surface area contributed by atoms with Gasteiger partial charge in [0.1, 0.15) is 5.67 Å². The number of rotatable bonds is 1. The van der Waals surface area contributed by atoms with Gasteiger partial charge in [-0.05, 0) is 25.3 Å². The average molecular weight is 244 g/mol. The molecule has 1 aromatic heterocycles. The van der Waals surface area contributed by atoms with Crippen molar-refractivity contribution in [1.82, 2.24) is 4.98 Å². The molecule has 0 saturated heterocycles. The molecule has 1 saturated carbocycles. The molecule has 0 aliphatic heterocycles. The Balaban J connectivity index is 2.13. The second kappa shape index (κ2) is 4.32. The van der Waals surface area contributed by atoms with Crippen LogP contribution in [0, 0.1) is 0 Å². The fourth-order valence-electron chi connectivity index (χ4n) is 2.97. The van der Waals surface area contributed by atoms with Crippen molar-refractivity contribution in [3.05, 3.63) is 42.1 Å². The summed E-state index contributed by atoms with van der Waals surface area (Å²) in [6, 6.07) is 9.54. The Morgan fingerprint density at radius 1 is 1.28 bits per heavy atom. The second-order valence-electron chi connectivity index (χ2n) is 5.20. The number of pyridine rings is 1. The van der Waals surface area contributed by atoms with Crippen LogP contribution in [0.25, 0.3) is 10.9 Å². The molecule has 0 amide bonds. The van der Waals surface area contributed by atoms with E-state index >= 15 is 4.39 Å². The highest BCUT2D eigenvalue weighted by Crippen LogP contribution is 2.42. The smallest absolute Gasteiger partial charge is 0.139 e. The van der Waals surface area contributed by atoms with E-state index in [0.717, 1.165) is 23.7 Å². The van der Waals surface area contributed by atoms with Gasteiger partial charge in [-0.3, -0.25) is 4.98 Å². The van der Waals surface area contributed by atoms with Crippen LogP contribution in [0.3, 0.4) is 0 Å². The Labute approximate surface area is 106 Å². The minimum absolute atomic E-state index is 0.0391. The molecule has 1 aliphatic carbocycles. The van der Waals surface area contributed by atoms with E-state index in [1.165, 1.54) is 0 Å². The highest BCUT2D eigenvalue weighted by Gasteiger charge is 2.38. The van der Waals surface area contributed by atoms with E-state index in [-0.39, 0.29) is 6.04 Å². The predicted molar refractivity (Wildman–Crippen MR) is 71.0 cm³/mol. The Morgan fingerprint density at radius 2 is 2.11 bits per heavy atom. The molecule has 2 N–H and O–H groups in total. The Bertz CT molecular complexity index is 564. The number of para-hydroxylation sites is 1. The lowest BCUT2D eigenvalue weighted by Gasteiger charge is -2.33. The van der Waals surface area contributed by atoms with Gasteiger partial charge in [0.25, 0.3) is 0 Å². The third-order valence-corrected chi connectivity index (χ3v) is 3.85. The summed E-state index contributed by atoms with van der Waals surface area (Å²) in [5, 5.41) is 0.992. The molecule has 1 aromatic carbocycles. The summed E-state index contributed by atoms with van der Waals surface area (Å²) < 4.78 is 15.2. The van der Waals surface area contributed by atoms with Crippen LogP contribution in [0.2, 0.25) is 0 Å². The van der Waals surface area contributed by atoms with Gasteiger partial charge in [-0.2, -0.15) is 0 Å². The fourth-order valence-corrected chi connectivity index (χ4v) is 2.97. The monoisotopic (exact) mass is 244 g/mol. The van der Waals surface area contributed by atoms with Gasteiger partial charge in [0.2, 0.25) is 0 Å². The average Bonchev–Trinajstić information content (AvgIpc) is 2.38. The van der Waals surface area contributed by atoms with E-state index in [0.29, 0.717) is 18.4 Å². The van der Waals surface area contributed by atoms with Crippen molar-refractivity contribution in [2.45, 2.75) is 37.4 Å². The molecule has 0 spiro atoms. The SMILES string of the molecule is NC1CCCC(F)(c2cccc3cccnc23)C1. The molecule has 0 bridgehead atoms. The summed E-state index contributed by atoms with van der Waals surface area (Å²) in [6.45, 7) is 0. The standard InChI is InChI=1S/C15H17FN2/c16-15(8-2-6-12(17)10-15)13-7-1-4-11-5-3-9-18-14(11)13/h1,3-5,7,9,12H,2,6,8,10,17H2. The molecule has 0 radical (unpaired) electrons. The summed E-state index contributed by atoms with van der Waals surface area (Å²) in [4.78, 5) is 4.35. The zero-order valence-corrected chi connectivity index (χ0v) is 10.3. The minimum atomic E-state index is -1.31. The molecule has 1 fully saturated rings. The number of halogens is 1. The number of nitrogens with two attached hydrogens (primary N) is 1. The van der Waals surface area contributed by atoms with Gasteiger partial charge in [0.05, 0.1) is 5.52 Å². The number of fused-ring (bicyclic) bond motifs is 1. The molecule has 2 nitrogen and oxygen atoms in total. The van der Waals surface area contributed by atoms with Crippen LogP contribution < -0.4 is 5.73 Å². The number of hydrogen-bond donors (Lipinski definition) is 1. The van der Waals surface area contributed by atoms with Gasteiger partial charge in [-0.1, -0.05) is 24.3 Å². The lowest BCUT2D eigenvalue weighted by atomic mass is 9.78. The molecule has 2 unspecified atom stereocenters. The van der Waals surface area contributed by atoms with Crippen molar-refractivity contribution < 1.29 is 4.39 Å². The predicted octanol–water partition coefficient (Wildman–Crippen LogP) is 3.30. The third kappa shape index (κ3) is 1.89. The fraction of sp³-hybridized carbons (Fsp3) is 0.400. The summed E-state index contributed by atoms with van der Waals surface area (Å²) in [7, 11) is 0. The van der Waals surface area contributed by atoms with Gasteiger partial charge < -0.3 is 5.73 Å².